The zero-order valence-electron chi connectivity index (χ0n) is 12.0. The number of nitrogens with zero attached hydrogens (tertiary/aromatic N) is 1. The van der Waals surface area contributed by atoms with Crippen LogP contribution in [0.5, 0.6) is 5.75 Å². The van der Waals surface area contributed by atoms with Gasteiger partial charge < -0.3 is 15.3 Å². The first-order chi connectivity index (χ1) is 10.1. The number of rotatable bonds is 3. The highest BCUT2D eigenvalue weighted by molar-refractivity contribution is 5.94. The molecule has 4 nitrogen and oxygen atoms in total. The van der Waals surface area contributed by atoms with Gasteiger partial charge in [0.15, 0.2) is 0 Å². The third kappa shape index (κ3) is 2.76. The molecule has 0 spiro atoms. The largest absolute Gasteiger partial charge is 0.508 e. The van der Waals surface area contributed by atoms with E-state index in [1.807, 2.05) is 30.3 Å². The molecular formula is C17H18N2O2. The summed E-state index contributed by atoms with van der Waals surface area (Å²) in [6, 6.07) is 12.9. The van der Waals surface area contributed by atoms with Gasteiger partial charge in [-0.2, -0.15) is 0 Å². The topological polar surface area (TPSA) is 52.6 Å². The Labute approximate surface area is 124 Å². The third-order valence-corrected chi connectivity index (χ3v) is 3.83. The first kappa shape index (κ1) is 13.6. The van der Waals surface area contributed by atoms with Crippen molar-refractivity contribution < 1.29 is 9.90 Å². The SMILES string of the molecule is CN(Cc1ccccc1O)C(=O)c1ccc2c(c1)CNC2. The molecule has 1 aliphatic rings. The van der Waals surface area contributed by atoms with E-state index >= 15 is 0 Å². The van der Waals surface area contributed by atoms with Crippen LogP contribution >= 0.6 is 0 Å². The number of hydrogen-bond donors (Lipinski definition) is 2. The van der Waals surface area contributed by atoms with E-state index in [-0.39, 0.29) is 11.7 Å². The molecule has 1 heterocycles. The lowest BCUT2D eigenvalue weighted by Gasteiger charge is -2.18. The van der Waals surface area contributed by atoms with Gasteiger partial charge in [-0.15, -0.1) is 0 Å². The Balaban J connectivity index is 1.77. The molecule has 0 radical (unpaired) electrons. The maximum absolute atomic E-state index is 12.5. The summed E-state index contributed by atoms with van der Waals surface area (Å²) in [6.45, 7) is 2.08. The van der Waals surface area contributed by atoms with E-state index in [4.69, 9.17) is 0 Å². The monoisotopic (exact) mass is 282 g/mol. The van der Waals surface area contributed by atoms with Crippen LogP contribution in [-0.4, -0.2) is 23.0 Å². The van der Waals surface area contributed by atoms with Crippen molar-refractivity contribution in [3.63, 3.8) is 0 Å². The van der Waals surface area contributed by atoms with Crippen LogP contribution in [0.3, 0.4) is 0 Å². The van der Waals surface area contributed by atoms with E-state index in [0.717, 1.165) is 18.7 Å². The predicted molar refractivity (Wildman–Crippen MR) is 80.9 cm³/mol. The van der Waals surface area contributed by atoms with Crippen molar-refractivity contribution in [3.05, 3.63) is 64.7 Å². The molecular weight excluding hydrogens is 264 g/mol. The van der Waals surface area contributed by atoms with Crippen molar-refractivity contribution in [2.45, 2.75) is 19.6 Å². The molecule has 0 atom stereocenters. The minimum absolute atomic E-state index is 0.0343. The van der Waals surface area contributed by atoms with Gasteiger partial charge in [0.2, 0.25) is 0 Å². The first-order valence-electron chi connectivity index (χ1n) is 7.00. The van der Waals surface area contributed by atoms with Gasteiger partial charge in [0.25, 0.3) is 5.91 Å². The Morgan fingerprint density at radius 3 is 2.76 bits per heavy atom. The summed E-state index contributed by atoms with van der Waals surface area (Å²) in [6.07, 6.45) is 0. The second-order valence-electron chi connectivity index (χ2n) is 5.38. The molecule has 0 unspecified atom stereocenters. The summed E-state index contributed by atoms with van der Waals surface area (Å²) in [5, 5.41) is 13.1. The van der Waals surface area contributed by atoms with Gasteiger partial charge in [0, 0.05) is 37.8 Å². The molecule has 0 aromatic heterocycles. The van der Waals surface area contributed by atoms with Crippen LogP contribution in [0.2, 0.25) is 0 Å². The van der Waals surface area contributed by atoms with Crippen molar-refractivity contribution in [1.82, 2.24) is 10.2 Å². The van der Waals surface area contributed by atoms with Crippen LogP contribution in [0.25, 0.3) is 0 Å². The smallest absolute Gasteiger partial charge is 0.253 e. The molecule has 0 saturated carbocycles. The van der Waals surface area contributed by atoms with E-state index < -0.39 is 0 Å². The average Bonchev–Trinajstić information content (AvgIpc) is 2.96. The number of hydrogen-bond acceptors (Lipinski definition) is 3. The molecule has 4 heteroatoms. The summed E-state index contributed by atoms with van der Waals surface area (Å²) in [4.78, 5) is 14.1. The second-order valence-corrected chi connectivity index (χ2v) is 5.38. The van der Waals surface area contributed by atoms with Crippen LogP contribution in [-0.2, 0) is 19.6 Å². The number of phenolic OH excluding ortho intramolecular Hbond substituents is 1. The van der Waals surface area contributed by atoms with E-state index in [1.54, 1.807) is 24.1 Å². The van der Waals surface area contributed by atoms with Crippen molar-refractivity contribution in [2.24, 2.45) is 0 Å². The van der Waals surface area contributed by atoms with Crippen molar-refractivity contribution >= 4 is 5.91 Å². The highest BCUT2D eigenvalue weighted by Gasteiger charge is 2.17. The van der Waals surface area contributed by atoms with E-state index in [0.29, 0.717) is 12.1 Å². The van der Waals surface area contributed by atoms with Gasteiger partial charge in [0.05, 0.1) is 0 Å². The Bertz CT molecular complexity index is 682. The van der Waals surface area contributed by atoms with Gasteiger partial charge in [-0.25, -0.2) is 0 Å². The molecule has 0 bridgehead atoms. The van der Waals surface area contributed by atoms with Crippen LogP contribution in [0, 0.1) is 0 Å². The number of amides is 1. The van der Waals surface area contributed by atoms with E-state index in [1.165, 1.54) is 11.1 Å². The number of para-hydroxylation sites is 1. The predicted octanol–water partition coefficient (Wildman–Crippen LogP) is 2.27. The molecule has 0 saturated heterocycles. The van der Waals surface area contributed by atoms with Crippen LogP contribution < -0.4 is 5.32 Å². The number of phenols is 1. The fraction of sp³-hybridized carbons (Fsp3) is 0.235. The lowest BCUT2D eigenvalue weighted by Crippen LogP contribution is -2.26. The zero-order chi connectivity index (χ0) is 14.8. The van der Waals surface area contributed by atoms with E-state index in [9.17, 15) is 9.90 Å². The van der Waals surface area contributed by atoms with Gasteiger partial charge in [-0.05, 0) is 29.3 Å². The molecule has 21 heavy (non-hydrogen) atoms. The minimum atomic E-state index is -0.0343. The van der Waals surface area contributed by atoms with Crippen molar-refractivity contribution in [3.8, 4) is 5.75 Å². The number of carbonyl (C=O) groups is 1. The Morgan fingerprint density at radius 2 is 1.95 bits per heavy atom. The summed E-state index contributed by atoms with van der Waals surface area (Å²) in [7, 11) is 1.75. The molecule has 0 aliphatic carbocycles. The summed E-state index contributed by atoms with van der Waals surface area (Å²) < 4.78 is 0. The molecule has 2 N–H and O–H groups in total. The number of carbonyl (C=O) groups excluding carboxylic acids is 1. The van der Waals surface area contributed by atoms with Gasteiger partial charge in [-0.1, -0.05) is 24.3 Å². The summed E-state index contributed by atoms with van der Waals surface area (Å²) in [5.74, 6) is 0.184. The fourth-order valence-electron chi connectivity index (χ4n) is 2.62. The van der Waals surface area contributed by atoms with Gasteiger partial charge in [0.1, 0.15) is 5.75 Å². The molecule has 2 aromatic carbocycles. The molecule has 3 rings (SSSR count). The van der Waals surface area contributed by atoms with Gasteiger partial charge >= 0.3 is 0 Å². The Morgan fingerprint density at radius 1 is 1.19 bits per heavy atom. The Hall–Kier alpha value is -2.33. The highest BCUT2D eigenvalue weighted by Crippen LogP contribution is 2.20. The van der Waals surface area contributed by atoms with Crippen LogP contribution in [0.4, 0.5) is 0 Å². The standard InChI is InChI=1S/C17H18N2O2/c1-19(11-14-4-2-3-5-16(14)20)17(21)12-6-7-13-9-18-10-15(13)8-12/h2-8,18,20H,9-11H2,1H3. The molecule has 108 valence electrons. The zero-order valence-corrected chi connectivity index (χ0v) is 12.0. The van der Waals surface area contributed by atoms with E-state index in [2.05, 4.69) is 5.32 Å². The minimum Gasteiger partial charge on any atom is -0.508 e. The second kappa shape index (κ2) is 5.58. The lowest BCUT2D eigenvalue weighted by atomic mass is 10.1. The molecule has 1 aliphatic heterocycles. The maximum atomic E-state index is 12.5. The third-order valence-electron chi connectivity index (χ3n) is 3.83. The van der Waals surface area contributed by atoms with Gasteiger partial charge in [-0.3, -0.25) is 4.79 Å². The highest BCUT2D eigenvalue weighted by atomic mass is 16.3. The van der Waals surface area contributed by atoms with Crippen LogP contribution in [0.1, 0.15) is 27.0 Å². The van der Waals surface area contributed by atoms with Crippen molar-refractivity contribution in [1.29, 1.82) is 0 Å². The Kier molecular flexibility index (Phi) is 3.62. The number of nitrogens with one attached hydrogen (secondary N) is 1. The van der Waals surface area contributed by atoms with Crippen LogP contribution in [0.15, 0.2) is 42.5 Å². The number of aromatic hydroxyl groups is 1. The lowest BCUT2D eigenvalue weighted by molar-refractivity contribution is 0.0784. The fourth-order valence-corrected chi connectivity index (χ4v) is 2.62. The normalized spacial score (nSPS) is 13.0. The number of fused-ring (bicyclic) bond motifs is 1. The number of benzene rings is 2. The summed E-state index contributed by atoms with van der Waals surface area (Å²) >= 11 is 0. The first-order valence-corrected chi connectivity index (χ1v) is 7.00. The van der Waals surface area contributed by atoms with Crippen molar-refractivity contribution in [2.75, 3.05) is 7.05 Å². The summed E-state index contributed by atoms with van der Waals surface area (Å²) in [5.41, 5.74) is 3.89. The maximum Gasteiger partial charge on any atom is 0.253 e. The quantitative estimate of drug-likeness (QED) is 0.908. The molecule has 2 aromatic rings. The molecule has 0 fully saturated rings. The average molecular weight is 282 g/mol. The molecule has 1 amide bonds.